The smallest absolute Gasteiger partial charge is 0.220 e. The highest BCUT2D eigenvalue weighted by molar-refractivity contribution is 5.76. The number of hydrogen-bond acceptors (Lipinski definition) is 3. The maximum absolute atomic E-state index is 12.6. The number of carbonyl (C=O) groups is 1. The summed E-state index contributed by atoms with van der Waals surface area (Å²) in [5, 5.41) is 23.4. The van der Waals surface area contributed by atoms with E-state index in [9.17, 15) is 15.0 Å². The Hall–Kier alpha value is -2.43. The number of allylic oxidation sites excluding steroid dienone is 14. The van der Waals surface area contributed by atoms with Crippen molar-refractivity contribution in [3.63, 3.8) is 0 Å². The van der Waals surface area contributed by atoms with Crippen molar-refractivity contribution in [3.8, 4) is 0 Å². The van der Waals surface area contributed by atoms with E-state index < -0.39 is 12.1 Å². The van der Waals surface area contributed by atoms with Crippen molar-refractivity contribution < 1.29 is 15.0 Å². The third-order valence-electron chi connectivity index (χ3n) is 15.4. The fourth-order valence-electron chi connectivity index (χ4n) is 10.3. The van der Waals surface area contributed by atoms with Crippen LogP contribution in [0.2, 0.25) is 0 Å². The highest BCUT2D eigenvalue weighted by atomic mass is 16.3. The van der Waals surface area contributed by atoms with E-state index in [1.54, 1.807) is 0 Å². The third kappa shape index (κ3) is 62.4. The summed E-state index contributed by atoms with van der Waals surface area (Å²) in [6.07, 6.45) is 97.6. The first-order valence-corrected chi connectivity index (χ1v) is 33.8. The number of rotatable bonds is 62. The molecule has 3 N–H and O–H groups in total. The molecule has 0 heterocycles. The second-order valence-corrected chi connectivity index (χ2v) is 22.9. The molecule has 0 fully saturated rings. The maximum atomic E-state index is 12.6. The van der Waals surface area contributed by atoms with Gasteiger partial charge < -0.3 is 15.5 Å². The summed E-state index contributed by atoms with van der Waals surface area (Å²) < 4.78 is 0. The van der Waals surface area contributed by atoms with Crippen LogP contribution in [-0.4, -0.2) is 34.9 Å². The van der Waals surface area contributed by atoms with Gasteiger partial charge in [-0.05, 0) is 70.6 Å². The van der Waals surface area contributed by atoms with Gasteiger partial charge in [0.15, 0.2) is 0 Å². The molecule has 1 amide bonds. The third-order valence-corrected chi connectivity index (χ3v) is 15.4. The van der Waals surface area contributed by atoms with E-state index in [2.05, 4.69) is 104 Å². The molecular formula is C72H131NO3. The van der Waals surface area contributed by atoms with Crippen LogP contribution >= 0.6 is 0 Å². The van der Waals surface area contributed by atoms with Crippen LogP contribution in [0.1, 0.15) is 348 Å². The van der Waals surface area contributed by atoms with Gasteiger partial charge >= 0.3 is 0 Å². The van der Waals surface area contributed by atoms with Gasteiger partial charge in [0.25, 0.3) is 0 Å². The monoisotopic (exact) mass is 1060 g/mol. The van der Waals surface area contributed by atoms with E-state index in [0.29, 0.717) is 12.8 Å². The molecule has 76 heavy (non-hydrogen) atoms. The molecule has 4 nitrogen and oxygen atoms in total. The van der Waals surface area contributed by atoms with Crippen molar-refractivity contribution >= 4 is 5.91 Å². The van der Waals surface area contributed by atoms with Gasteiger partial charge in [-0.15, -0.1) is 0 Å². The van der Waals surface area contributed by atoms with Crippen LogP contribution < -0.4 is 5.32 Å². The number of aliphatic hydroxyl groups is 2. The van der Waals surface area contributed by atoms with Gasteiger partial charge in [-0.3, -0.25) is 4.79 Å². The molecule has 4 heteroatoms. The molecule has 442 valence electrons. The highest BCUT2D eigenvalue weighted by Gasteiger charge is 2.20. The zero-order valence-corrected chi connectivity index (χ0v) is 51.0. The number of amides is 1. The average molecular weight is 1060 g/mol. The molecule has 0 radical (unpaired) electrons. The Labute approximate surface area is 475 Å². The summed E-state index contributed by atoms with van der Waals surface area (Å²) in [5.41, 5.74) is 0. The minimum absolute atomic E-state index is 0.0275. The lowest BCUT2D eigenvalue weighted by Gasteiger charge is -2.22. The largest absolute Gasteiger partial charge is 0.394 e. The lowest BCUT2D eigenvalue weighted by Crippen LogP contribution is -2.45. The molecule has 0 aliphatic heterocycles. The van der Waals surface area contributed by atoms with E-state index in [1.807, 2.05) is 0 Å². The van der Waals surface area contributed by atoms with Crippen LogP contribution in [0.25, 0.3) is 0 Å². The van der Waals surface area contributed by atoms with Gasteiger partial charge in [-0.1, -0.05) is 356 Å². The minimum atomic E-state index is -0.663. The van der Waals surface area contributed by atoms with E-state index in [1.165, 1.54) is 250 Å². The van der Waals surface area contributed by atoms with Crippen LogP contribution in [0.3, 0.4) is 0 Å². The molecule has 0 aliphatic rings. The lowest BCUT2D eigenvalue weighted by molar-refractivity contribution is -0.123. The lowest BCUT2D eigenvalue weighted by atomic mass is 10.0. The van der Waals surface area contributed by atoms with Gasteiger partial charge in [-0.2, -0.15) is 0 Å². The maximum Gasteiger partial charge on any atom is 0.220 e. The zero-order chi connectivity index (χ0) is 54.8. The molecule has 0 spiro atoms. The van der Waals surface area contributed by atoms with Gasteiger partial charge in [0, 0.05) is 6.42 Å². The number of unbranched alkanes of at least 4 members (excludes halogenated alkanes) is 41. The van der Waals surface area contributed by atoms with Crippen LogP contribution in [0.5, 0.6) is 0 Å². The first-order chi connectivity index (χ1) is 37.7. The van der Waals surface area contributed by atoms with E-state index in [0.717, 1.165) is 70.6 Å². The highest BCUT2D eigenvalue weighted by Crippen LogP contribution is 2.18. The number of aliphatic hydroxyl groups excluding tert-OH is 2. The molecule has 0 saturated carbocycles. The number of carbonyl (C=O) groups excluding carboxylic acids is 1. The van der Waals surface area contributed by atoms with Crippen molar-refractivity contribution in [1.29, 1.82) is 0 Å². The molecule has 0 saturated heterocycles. The van der Waals surface area contributed by atoms with Crippen molar-refractivity contribution in [1.82, 2.24) is 5.32 Å². The molecule has 0 aromatic heterocycles. The Morgan fingerprint density at radius 3 is 0.868 bits per heavy atom. The van der Waals surface area contributed by atoms with Gasteiger partial charge in [0.05, 0.1) is 18.8 Å². The second kappa shape index (κ2) is 66.8. The predicted octanol–water partition coefficient (Wildman–Crippen LogP) is 23.0. The van der Waals surface area contributed by atoms with Crippen LogP contribution in [-0.2, 0) is 4.79 Å². The Morgan fingerprint density at radius 2 is 0.579 bits per heavy atom. The SMILES string of the molecule is CC/C=C\C/C=C\C/C=C\C/C=C\C/C=C\C/C=C\C/C=C\CCCCCCCCCCCCCCCCCCCC(=O)NC(CO)C(O)CCCCCCCCCCCCCCCCCCCCCCCCCCC. The van der Waals surface area contributed by atoms with Crippen molar-refractivity contribution in [3.05, 3.63) is 85.1 Å². The van der Waals surface area contributed by atoms with Gasteiger partial charge in [0.2, 0.25) is 5.91 Å². The molecule has 2 atom stereocenters. The fraction of sp³-hybridized carbons (Fsp3) is 0.792. The van der Waals surface area contributed by atoms with Crippen molar-refractivity contribution in [2.24, 2.45) is 0 Å². The summed E-state index contributed by atoms with van der Waals surface area (Å²) in [4.78, 5) is 12.6. The normalized spacial score (nSPS) is 13.3. The number of hydrogen-bond donors (Lipinski definition) is 3. The van der Waals surface area contributed by atoms with Gasteiger partial charge in [0.1, 0.15) is 0 Å². The molecule has 0 aromatic rings. The van der Waals surface area contributed by atoms with Crippen molar-refractivity contribution in [2.45, 2.75) is 360 Å². The molecular weight excluding hydrogens is 927 g/mol. The topological polar surface area (TPSA) is 69.6 Å². The predicted molar refractivity (Wildman–Crippen MR) is 340 cm³/mol. The summed E-state index contributed by atoms with van der Waals surface area (Å²) in [6, 6.07) is -0.540. The first-order valence-electron chi connectivity index (χ1n) is 33.8. The van der Waals surface area contributed by atoms with Crippen LogP contribution in [0.4, 0.5) is 0 Å². The molecule has 0 aliphatic carbocycles. The molecule has 0 bridgehead atoms. The van der Waals surface area contributed by atoms with Gasteiger partial charge in [-0.25, -0.2) is 0 Å². The Bertz CT molecular complexity index is 1340. The summed E-state index contributed by atoms with van der Waals surface area (Å²) >= 11 is 0. The fourth-order valence-corrected chi connectivity index (χ4v) is 10.3. The average Bonchev–Trinajstić information content (AvgIpc) is 3.42. The summed E-state index contributed by atoms with van der Waals surface area (Å²) in [6.45, 7) is 4.28. The second-order valence-electron chi connectivity index (χ2n) is 22.9. The Morgan fingerprint density at radius 1 is 0.329 bits per heavy atom. The van der Waals surface area contributed by atoms with Crippen LogP contribution in [0.15, 0.2) is 85.1 Å². The van der Waals surface area contributed by atoms with Crippen molar-refractivity contribution in [2.75, 3.05) is 6.61 Å². The molecule has 0 rings (SSSR count). The Balaban J connectivity index is 3.45. The minimum Gasteiger partial charge on any atom is -0.394 e. The quantitative estimate of drug-likeness (QED) is 0.0420. The standard InChI is InChI=1S/C72H131NO3/c1-3-5-7-9-11-13-15-17-19-21-23-25-27-29-30-31-32-33-34-35-36-37-38-39-40-41-42-44-46-48-50-52-54-56-58-60-62-64-66-68-72(76)73-70(69-74)71(75)67-65-63-61-59-57-55-53-51-49-47-45-43-28-26-24-22-20-18-16-14-12-10-8-6-4-2/h5,7,11,13,17,19,23,25,29-30,32-33,35-36,70-71,74-75H,3-4,6,8-10,12,14-16,18,20-22,24,26-28,31,34,37-69H2,1-2H3,(H,73,76)/b7-5-,13-11-,19-17-,25-23-,30-29-,33-32-,36-35-. The summed E-state index contributed by atoms with van der Waals surface area (Å²) in [7, 11) is 0. The number of nitrogens with one attached hydrogen (secondary N) is 1. The molecule has 0 aromatic carbocycles. The Kier molecular flexibility index (Phi) is 64.7. The van der Waals surface area contributed by atoms with E-state index in [4.69, 9.17) is 0 Å². The first kappa shape index (κ1) is 73.6. The summed E-state index contributed by atoms with van der Waals surface area (Å²) in [5.74, 6) is -0.0275. The van der Waals surface area contributed by atoms with Crippen LogP contribution in [0, 0.1) is 0 Å². The van der Waals surface area contributed by atoms with E-state index >= 15 is 0 Å². The zero-order valence-electron chi connectivity index (χ0n) is 51.0. The molecule has 2 unspecified atom stereocenters. The van der Waals surface area contributed by atoms with E-state index in [-0.39, 0.29) is 12.5 Å².